The summed E-state index contributed by atoms with van der Waals surface area (Å²) in [6.45, 7) is 3.26. The highest BCUT2D eigenvalue weighted by atomic mass is 35.5. The van der Waals surface area contributed by atoms with Crippen LogP contribution in [0.4, 0.5) is 0 Å². The quantitative estimate of drug-likeness (QED) is 0.938. The molecule has 1 fully saturated rings. The van der Waals surface area contributed by atoms with Gasteiger partial charge in [-0.1, -0.05) is 23.7 Å². The van der Waals surface area contributed by atoms with E-state index in [9.17, 15) is 4.79 Å². The van der Waals surface area contributed by atoms with E-state index in [1.165, 1.54) is 0 Å². The van der Waals surface area contributed by atoms with Crippen molar-refractivity contribution in [2.45, 2.75) is 25.3 Å². The minimum Gasteiger partial charge on any atom is -0.379 e. The van der Waals surface area contributed by atoms with E-state index in [0.717, 1.165) is 18.5 Å². The number of carbonyl (C=O) groups excluding carboxylic acids is 1. The second-order valence-corrected chi connectivity index (χ2v) is 5.85. The van der Waals surface area contributed by atoms with Crippen LogP contribution in [0.15, 0.2) is 30.5 Å². The first-order chi connectivity index (χ1) is 10.6. The van der Waals surface area contributed by atoms with Gasteiger partial charge in [0.05, 0.1) is 24.0 Å². The average molecular weight is 321 g/mol. The Morgan fingerprint density at radius 1 is 1.45 bits per heavy atom. The van der Waals surface area contributed by atoms with Gasteiger partial charge in [-0.25, -0.2) is 4.68 Å². The van der Waals surface area contributed by atoms with Gasteiger partial charge < -0.3 is 10.1 Å². The van der Waals surface area contributed by atoms with Gasteiger partial charge in [-0.15, -0.1) is 5.10 Å². The van der Waals surface area contributed by atoms with E-state index in [1.807, 2.05) is 19.1 Å². The van der Waals surface area contributed by atoms with Crippen LogP contribution in [0.2, 0.25) is 5.02 Å². The second-order valence-electron chi connectivity index (χ2n) is 5.42. The molecule has 7 heteroatoms. The van der Waals surface area contributed by atoms with Crippen LogP contribution in [-0.2, 0) is 4.74 Å². The standard InChI is InChI=1S/C15H17ClN4O2/c1-2-15(7-8-22-10-15)17-14(21)13-9-20(19-18-13)12-5-3-11(16)4-6-12/h3-6,9H,2,7-8,10H2,1H3,(H,17,21). The molecule has 1 amide bonds. The van der Waals surface area contributed by atoms with Crippen molar-refractivity contribution < 1.29 is 9.53 Å². The molecular weight excluding hydrogens is 304 g/mol. The molecule has 1 aliphatic heterocycles. The summed E-state index contributed by atoms with van der Waals surface area (Å²) in [4.78, 5) is 12.4. The maximum absolute atomic E-state index is 12.4. The number of nitrogens with one attached hydrogen (secondary N) is 1. The topological polar surface area (TPSA) is 69.0 Å². The molecule has 0 aliphatic carbocycles. The van der Waals surface area contributed by atoms with Gasteiger partial charge in [-0.2, -0.15) is 0 Å². The summed E-state index contributed by atoms with van der Waals surface area (Å²) in [5.41, 5.74) is 0.793. The van der Waals surface area contributed by atoms with Crippen LogP contribution < -0.4 is 5.32 Å². The number of nitrogens with zero attached hydrogens (tertiary/aromatic N) is 3. The van der Waals surface area contributed by atoms with Gasteiger partial charge in [0.25, 0.3) is 5.91 Å². The third kappa shape index (κ3) is 2.98. The van der Waals surface area contributed by atoms with Crippen LogP contribution in [0.5, 0.6) is 0 Å². The molecule has 6 nitrogen and oxygen atoms in total. The predicted octanol–water partition coefficient (Wildman–Crippen LogP) is 2.22. The summed E-state index contributed by atoms with van der Waals surface area (Å²) in [5, 5.41) is 11.6. The molecule has 1 N–H and O–H groups in total. The normalized spacial score (nSPS) is 21.0. The first-order valence-corrected chi connectivity index (χ1v) is 7.58. The lowest BCUT2D eigenvalue weighted by Crippen LogP contribution is -2.48. The first-order valence-electron chi connectivity index (χ1n) is 7.20. The van der Waals surface area contributed by atoms with Gasteiger partial charge in [0, 0.05) is 11.6 Å². The summed E-state index contributed by atoms with van der Waals surface area (Å²) >= 11 is 5.86. The Balaban J connectivity index is 1.75. The van der Waals surface area contributed by atoms with Gasteiger partial charge in [-0.3, -0.25) is 4.79 Å². The Morgan fingerprint density at radius 3 is 2.86 bits per heavy atom. The lowest BCUT2D eigenvalue weighted by Gasteiger charge is -2.26. The third-order valence-corrected chi connectivity index (χ3v) is 4.23. The Morgan fingerprint density at radius 2 is 2.23 bits per heavy atom. The maximum atomic E-state index is 12.4. The Labute approximate surface area is 133 Å². The highest BCUT2D eigenvalue weighted by Crippen LogP contribution is 2.22. The van der Waals surface area contributed by atoms with Crippen LogP contribution in [0.3, 0.4) is 0 Å². The van der Waals surface area contributed by atoms with Gasteiger partial charge in [0.15, 0.2) is 5.69 Å². The Hall–Kier alpha value is -1.92. The van der Waals surface area contributed by atoms with Gasteiger partial charge in [0.1, 0.15) is 0 Å². The second kappa shape index (κ2) is 6.06. The SMILES string of the molecule is CCC1(NC(=O)c2cn(-c3ccc(Cl)cc3)nn2)CCOC1. The van der Waals surface area contributed by atoms with Crippen molar-refractivity contribution in [2.75, 3.05) is 13.2 Å². The zero-order valence-electron chi connectivity index (χ0n) is 12.3. The monoisotopic (exact) mass is 320 g/mol. The molecule has 116 valence electrons. The van der Waals surface area contributed by atoms with Crippen molar-refractivity contribution in [3.63, 3.8) is 0 Å². The van der Waals surface area contributed by atoms with Crippen molar-refractivity contribution in [1.82, 2.24) is 20.3 Å². The van der Waals surface area contributed by atoms with E-state index in [-0.39, 0.29) is 17.1 Å². The number of hydrogen-bond donors (Lipinski definition) is 1. The number of rotatable bonds is 4. The zero-order valence-corrected chi connectivity index (χ0v) is 13.0. The number of hydrogen-bond acceptors (Lipinski definition) is 4. The molecule has 0 bridgehead atoms. The Bertz CT molecular complexity index is 662. The van der Waals surface area contributed by atoms with Crippen molar-refractivity contribution in [2.24, 2.45) is 0 Å². The minimum absolute atomic E-state index is 0.229. The number of aromatic nitrogens is 3. The maximum Gasteiger partial charge on any atom is 0.273 e. The lowest BCUT2D eigenvalue weighted by atomic mass is 9.95. The lowest BCUT2D eigenvalue weighted by molar-refractivity contribution is 0.0869. The average Bonchev–Trinajstić information content (AvgIpc) is 3.18. The van der Waals surface area contributed by atoms with Gasteiger partial charge >= 0.3 is 0 Å². The number of ether oxygens (including phenoxy) is 1. The highest BCUT2D eigenvalue weighted by molar-refractivity contribution is 6.30. The minimum atomic E-state index is -0.291. The van der Waals surface area contributed by atoms with Crippen molar-refractivity contribution in [1.29, 1.82) is 0 Å². The number of carbonyl (C=O) groups is 1. The number of amides is 1. The summed E-state index contributed by atoms with van der Waals surface area (Å²) in [5.74, 6) is -0.229. The van der Waals surface area contributed by atoms with Crippen molar-refractivity contribution >= 4 is 17.5 Å². The van der Waals surface area contributed by atoms with Crippen molar-refractivity contribution in [3.8, 4) is 5.69 Å². The molecule has 1 aromatic heterocycles. The smallest absolute Gasteiger partial charge is 0.273 e. The number of benzene rings is 1. The van der Waals surface area contributed by atoms with Gasteiger partial charge in [0.2, 0.25) is 0 Å². The first kappa shape index (κ1) is 15.0. The van der Waals surface area contributed by atoms with Crippen molar-refractivity contribution in [3.05, 3.63) is 41.2 Å². The fourth-order valence-corrected chi connectivity index (χ4v) is 2.59. The van der Waals surface area contributed by atoms with Crippen LogP contribution in [0.25, 0.3) is 5.69 Å². The van der Waals surface area contributed by atoms with E-state index in [0.29, 0.717) is 18.2 Å². The van der Waals surface area contributed by atoms with Gasteiger partial charge in [-0.05, 0) is 37.1 Å². The summed E-state index contributed by atoms with van der Waals surface area (Å²) < 4.78 is 6.96. The fourth-order valence-electron chi connectivity index (χ4n) is 2.47. The van der Waals surface area contributed by atoms with Crippen LogP contribution in [0.1, 0.15) is 30.3 Å². The molecule has 0 spiro atoms. The molecule has 3 rings (SSSR count). The van der Waals surface area contributed by atoms with Crippen LogP contribution >= 0.6 is 11.6 Å². The molecule has 1 atom stereocenters. The van der Waals surface area contributed by atoms with E-state index >= 15 is 0 Å². The number of halogens is 1. The molecule has 1 aliphatic rings. The summed E-state index contributed by atoms with van der Waals surface area (Å²) in [6.07, 6.45) is 3.25. The van der Waals surface area contributed by atoms with Crippen LogP contribution in [-0.4, -0.2) is 39.7 Å². The molecule has 22 heavy (non-hydrogen) atoms. The molecular formula is C15H17ClN4O2. The molecule has 1 aromatic carbocycles. The molecule has 0 saturated carbocycles. The molecule has 2 aromatic rings. The molecule has 0 radical (unpaired) electrons. The highest BCUT2D eigenvalue weighted by Gasteiger charge is 2.35. The summed E-state index contributed by atoms with van der Waals surface area (Å²) in [6, 6.07) is 7.16. The molecule has 1 unspecified atom stereocenters. The molecule has 1 saturated heterocycles. The Kier molecular flexibility index (Phi) is 4.13. The van der Waals surface area contributed by atoms with E-state index < -0.39 is 0 Å². The zero-order chi connectivity index (χ0) is 15.6. The van der Waals surface area contributed by atoms with Crippen LogP contribution in [0, 0.1) is 0 Å². The third-order valence-electron chi connectivity index (χ3n) is 3.98. The largest absolute Gasteiger partial charge is 0.379 e. The fraction of sp³-hybridized carbons (Fsp3) is 0.400. The predicted molar refractivity (Wildman–Crippen MR) is 82.3 cm³/mol. The van der Waals surface area contributed by atoms with E-state index in [4.69, 9.17) is 16.3 Å². The summed E-state index contributed by atoms with van der Waals surface area (Å²) in [7, 11) is 0. The molecule has 2 heterocycles. The van der Waals surface area contributed by atoms with E-state index in [1.54, 1.807) is 23.0 Å². The van der Waals surface area contributed by atoms with E-state index in [2.05, 4.69) is 15.6 Å².